The molecule has 0 bridgehead atoms. The highest BCUT2D eigenvalue weighted by Crippen LogP contribution is 2.40. The molecule has 1 aliphatic rings. The van der Waals surface area contributed by atoms with Crippen molar-refractivity contribution in [1.29, 1.82) is 0 Å². The van der Waals surface area contributed by atoms with Crippen LogP contribution in [-0.2, 0) is 0 Å². The Bertz CT molecular complexity index is 970. The van der Waals surface area contributed by atoms with Crippen LogP contribution in [0, 0.1) is 5.82 Å². The van der Waals surface area contributed by atoms with Gasteiger partial charge in [0.15, 0.2) is 0 Å². The number of halogens is 1. The number of pyridine rings is 2. The molecule has 0 unspecified atom stereocenters. The van der Waals surface area contributed by atoms with E-state index < -0.39 is 0 Å². The Kier molecular flexibility index (Phi) is 4.15. The SMILES string of the molecule is C[C@H](c1cccnc1)N(C)C(=O)c1cc(C2CC2)nc2ccc(F)cc12. The third kappa shape index (κ3) is 3.05. The van der Waals surface area contributed by atoms with Crippen molar-refractivity contribution in [1.82, 2.24) is 14.9 Å². The summed E-state index contributed by atoms with van der Waals surface area (Å²) in [4.78, 5) is 23.7. The maximum atomic E-state index is 13.8. The van der Waals surface area contributed by atoms with E-state index in [0.717, 1.165) is 24.1 Å². The molecule has 0 N–H and O–H groups in total. The Balaban J connectivity index is 1.76. The Labute approximate surface area is 151 Å². The van der Waals surface area contributed by atoms with Crippen molar-refractivity contribution in [2.75, 3.05) is 7.05 Å². The molecule has 1 saturated carbocycles. The predicted molar refractivity (Wildman–Crippen MR) is 98.4 cm³/mol. The minimum atomic E-state index is -0.365. The second kappa shape index (κ2) is 6.48. The van der Waals surface area contributed by atoms with Crippen LogP contribution >= 0.6 is 0 Å². The Hall–Kier alpha value is -2.82. The number of nitrogens with zero attached hydrogens (tertiary/aromatic N) is 3. The van der Waals surface area contributed by atoms with Gasteiger partial charge in [0, 0.05) is 36.4 Å². The van der Waals surface area contributed by atoms with Gasteiger partial charge in [-0.2, -0.15) is 0 Å². The molecule has 3 aromatic rings. The van der Waals surface area contributed by atoms with Gasteiger partial charge in [0.1, 0.15) is 5.82 Å². The molecule has 1 aromatic carbocycles. The van der Waals surface area contributed by atoms with Crippen LogP contribution in [0.25, 0.3) is 10.9 Å². The zero-order valence-electron chi connectivity index (χ0n) is 14.8. The number of fused-ring (bicyclic) bond motifs is 1. The molecule has 0 spiro atoms. The lowest BCUT2D eigenvalue weighted by Gasteiger charge is -2.26. The van der Waals surface area contributed by atoms with Crippen molar-refractivity contribution in [3.8, 4) is 0 Å². The average Bonchev–Trinajstić information content (AvgIpc) is 3.51. The first kappa shape index (κ1) is 16.6. The van der Waals surface area contributed by atoms with Gasteiger partial charge in [-0.1, -0.05) is 6.07 Å². The van der Waals surface area contributed by atoms with Crippen molar-refractivity contribution in [3.05, 3.63) is 71.4 Å². The third-order valence-corrected chi connectivity index (χ3v) is 5.08. The van der Waals surface area contributed by atoms with Crippen LogP contribution in [0.5, 0.6) is 0 Å². The van der Waals surface area contributed by atoms with E-state index >= 15 is 0 Å². The normalized spacial score (nSPS) is 15.0. The Morgan fingerprint density at radius 2 is 2.08 bits per heavy atom. The third-order valence-electron chi connectivity index (χ3n) is 5.08. The molecule has 0 aliphatic heterocycles. The molecule has 4 rings (SSSR count). The number of hydrogen-bond donors (Lipinski definition) is 0. The van der Waals surface area contributed by atoms with Crippen molar-refractivity contribution >= 4 is 16.8 Å². The Morgan fingerprint density at radius 3 is 2.77 bits per heavy atom. The number of aromatic nitrogens is 2. The summed E-state index contributed by atoms with van der Waals surface area (Å²) in [6.45, 7) is 1.96. The quantitative estimate of drug-likeness (QED) is 0.698. The van der Waals surface area contributed by atoms with Crippen LogP contribution in [0.1, 0.15) is 53.3 Å². The average molecular weight is 349 g/mol. The second-order valence-electron chi connectivity index (χ2n) is 6.91. The number of hydrogen-bond acceptors (Lipinski definition) is 3. The number of rotatable bonds is 4. The van der Waals surface area contributed by atoms with Crippen LogP contribution in [0.2, 0.25) is 0 Å². The van der Waals surface area contributed by atoms with E-state index in [1.165, 1.54) is 12.1 Å². The lowest BCUT2D eigenvalue weighted by molar-refractivity contribution is 0.0744. The molecular formula is C21H20FN3O. The fourth-order valence-corrected chi connectivity index (χ4v) is 3.20. The van der Waals surface area contributed by atoms with E-state index in [9.17, 15) is 9.18 Å². The summed E-state index contributed by atoms with van der Waals surface area (Å²) >= 11 is 0. The monoisotopic (exact) mass is 349 g/mol. The topological polar surface area (TPSA) is 46.1 Å². The first-order valence-electron chi connectivity index (χ1n) is 8.82. The lowest BCUT2D eigenvalue weighted by atomic mass is 10.0. The maximum Gasteiger partial charge on any atom is 0.254 e. The number of amides is 1. The van der Waals surface area contributed by atoms with Crippen LogP contribution in [-0.4, -0.2) is 27.8 Å². The van der Waals surface area contributed by atoms with Gasteiger partial charge in [-0.05, 0) is 55.7 Å². The molecule has 2 aromatic heterocycles. The summed E-state index contributed by atoms with van der Waals surface area (Å²) in [6, 6.07) is 9.94. The van der Waals surface area contributed by atoms with Crippen LogP contribution in [0.3, 0.4) is 0 Å². The summed E-state index contributed by atoms with van der Waals surface area (Å²) in [6.07, 6.45) is 5.65. The van der Waals surface area contributed by atoms with Gasteiger partial charge in [0.05, 0.1) is 17.1 Å². The lowest BCUT2D eigenvalue weighted by Crippen LogP contribution is -2.30. The van der Waals surface area contributed by atoms with Gasteiger partial charge in [0.25, 0.3) is 5.91 Å². The van der Waals surface area contributed by atoms with E-state index in [1.807, 2.05) is 25.1 Å². The second-order valence-corrected chi connectivity index (χ2v) is 6.91. The van der Waals surface area contributed by atoms with Crippen LogP contribution < -0.4 is 0 Å². The molecule has 132 valence electrons. The molecule has 0 saturated heterocycles. The zero-order chi connectivity index (χ0) is 18.3. The minimum absolute atomic E-state index is 0.138. The predicted octanol–water partition coefficient (Wildman–Crippen LogP) is 4.48. The highest BCUT2D eigenvalue weighted by atomic mass is 19.1. The van der Waals surface area contributed by atoms with E-state index in [1.54, 1.807) is 30.4 Å². The maximum absolute atomic E-state index is 13.8. The molecule has 2 heterocycles. The standard InChI is InChI=1S/C21H20FN3O/c1-13(15-4-3-9-23-12-15)25(2)21(26)18-11-20(14-5-6-14)24-19-8-7-16(22)10-17(18)19/h3-4,7-14H,5-6H2,1-2H3/t13-/m1/s1. The molecule has 5 heteroatoms. The zero-order valence-corrected chi connectivity index (χ0v) is 14.8. The van der Waals surface area contributed by atoms with Gasteiger partial charge in [-0.3, -0.25) is 14.8 Å². The first-order valence-corrected chi connectivity index (χ1v) is 8.82. The molecule has 26 heavy (non-hydrogen) atoms. The van der Waals surface area contributed by atoms with Crippen LogP contribution in [0.15, 0.2) is 48.8 Å². The number of carbonyl (C=O) groups excluding carboxylic acids is 1. The van der Waals surface area contributed by atoms with E-state index in [0.29, 0.717) is 22.4 Å². The highest BCUT2D eigenvalue weighted by molar-refractivity contribution is 6.06. The van der Waals surface area contributed by atoms with Crippen molar-refractivity contribution in [2.45, 2.75) is 31.7 Å². The van der Waals surface area contributed by atoms with E-state index in [2.05, 4.69) is 9.97 Å². The first-order chi connectivity index (χ1) is 12.5. The van der Waals surface area contributed by atoms with Gasteiger partial charge < -0.3 is 4.90 Å². The minimum Gasteiger partial charge on any atom is -0.335 e. The smallest absolute Gasteiger partial charge is 0.254 e. The summed E-state index contributed by atoms with van der Waals surface area (Å²) in [5.74, 6) is -0.0891. The summed E-state index contributed by atoms with van der Waals surface area (Å²) < 4.78 is 13.8. The molecule has 1 amide bonds. The highest BCUT2D eigenvalue weighted by Gasteiger charge is 2.28. The van der Waals surface area contributed by atoms with E-state index in [-0.39, 0.29) is 17.8 Å². The molecule has 1 fully saturated rings. The van der Waals surface area contributed by atoms with E-state index in [4.69, 9.17) is 0 Å². The molecular weight excluding hydrogens is 329 g/mol. The fourth-order valence-electron chi connectivity index (χ4n) is 3.20. The fraction of sp³-hybridized carbons (Fsp3) is 0.286. The van der Waals surface area contributed by atoms with Crippen LogP contribution in [0.4, 0.5) is 4.39 Å². The molecule has 4 nitrogen and oxygen atoms in total. The van der Waals surface area contributed by atoms with Crippen molar-refractivity contribution in [2.24, 2.45) is 0 Å². The summed E-state index contributed by atoms with van der Waals surface area (Å²) in [5, 5.41) is 0.560. The summed E-state index contributed by atoms with van der Waals surface area (Å²) in [5.41, 5.74) is 3.06. The number of carbonyl (C=O) groups is 1. The molecule has 0 radical (unpaired) electrons. The van der Waals surface area contributed by atoms with Gasteiger partial charge in [-0.15, -0.1) is 0 Å². The number of benzene rings is 1. The van der Waals surface area contributed by atoms with Gasteiger partial charge in [0.2, 0.25) is 0 Å². The largest absolute Gasteiger partial charge is 0.335 e. The van der Waals surface area contributed by atoms with Gasteiger partial charge >= 0.3 is 0 Å². The summed E-state index contributed by atoms with van der Waals surface area (Å²) in [7, 11) is 1.77. The molecule has 1 aliphatic carbocycles. The van der Waals surface area contributed by atoms with Crippen molar-refractivity contribution in [3.63, 3.8) is 0 Å². The van der Waals surface area contributed by atoms with Gasteiger partial charge in [-0.25, -0.2) is 4.39 Å². The molecule has 1 atom stereocenters. The Morgan fingerprint density at radius 1 is 1.27 bits per heavy atom. The van der Waals surface area contributed by atoms with Crippen molar-refractivity contribution < 1.29 is 9.18 Å².